The lowest BCUT2D eigenvalue weighted by Crippen LogP contribution is -2.20. The van der Waals surface area contributed by atoms with Gasteiger partial charge in [0.1, 0.15) is 5.75 Å². The van der Waals surface area contributed by atoms with Crippen LogP contribution in [0, 0.1) is 17.0 Å². The molecule has 0 aliphatic heterocycles. The summed E-state index contributed by atoms with van der Waals surface area (Å²) < 4.78 is 16.4. The van der Waals surface area contributed by atoms with E-state index in [4.69, 9.17) is 14.2 Å². The van der Waals surface area contributed by atoms with Gasteiger partial charge in [0.05, 0.1) is 18.1 Å². The van der Waals surface area contributed by atoms with Crippen molar-refractivity contribution in [2.45, 2.75) is 20.8 Å². The van der Waals surface area contributed by atoms with Crippen molar-refractivity contribution in [3.8, 4) is 17.2 Å². The number of hydrogen-bond acceptors (Lipinski definition) is 6. The van der Waals surface area contributed by atoms with Crippen LogP contribution in [0.5, 0.6) is 17.2 Å². The van der Waals surface area contributed by atoms with Crippen molar-refractivity contribution in [3.05, 3.63) is 52.1 Å². The van der Waals surface area contributed by atoms with Gasteiger partial charge in [0.25, 0.3) is 11.6 Å². The van der Waals surface area contributed by atoms with Crippen LogP contribution < -0.4 is 19.5 Å². The first-order valence-electron chi connectivity index (χ1n) is 8.52. The fourth-order valence-electron chi connectivity index (χ4n) is 2.40. The minimum atomic E-state index is -0.465. The topological polar surface area (TPSA) is 99.9 Å². The lowest BCUT2D eigenvalue weighted by atomic mass is 10.2. The zero-order valence-electron chi connectivity index (χ0n) is 15.5. The maximum Gasteiger partial charge on any atom is 0.272 e. The molecule has 8 nitrogen and oxygen atoms in total. The van der Waals surface area contributed by atoms with Crippen LogP contribution in [0.4, 0.5) is 11.4 Å². The van der Waals surface area contributed by atoms with E-state index < -0.39 is 4.92 Å². The zero-order valence-corrected chi connectivity index (χ0v) is 15.5. The molecule has 0 aliphatic rings. The van der Waals surface area contributed by atoms with Crippen molar-refractivity contribution in [2.75, 3.05) is 25.1 Å². The van der Waals surface area contributed by atoms with E-state index in [9.17, 15) is 14.9 Å². The highest BCUT2D eigenvalue weighted by atomic mass is 16.6. The first kappa shape index (κ1) is 20.0. The van der Waals surface area contributed by atoms with Crippen molar-refractivity contribution in [1.82, 2.24) is 0 Å². The van der Waals surface area contributed by atoms with Crippen LogP contribution in [0.15, 0.2) is 36.4 Å². The van der Waals surface area contributed by atoms with E-state index >= 15 is 0 Å². The van der Waals surface area contributed by atoms with Crippen molar-refractivity contribution in [2.24, 2.45) is 0 Å². The second-order valence-corrected chi connectivity index (χ2v) is 5.57. The van der Waals surface area contributed by atoms with Crippen LogP contribution >= 0.6 is 0 Å². The number of aryl methyl sites for hydroxylation is 1. The van der Waals surface area contributed by atoms with Gasteiger partial charge < -0.3 is 19.5 Å². The maximum atomic E-state index is 12.1. The SMILES string of the molecule is CCOc1ccc(NC(=O)COc2ccc([N+](=O)[O-])c(C)c2)cc1OCC. The molecule has 0 spiro atoms. The van der Waals surface area contributed by atoms with Crippen LogP contribution in [0.1, 0.15) is 19.4 Å². The molecule has 0 saturated carbocycles. The molecule has 2 aromatic rings. The van der Waals surface area contributed by atoms with Gasteiger partial charge in [0, 0.05) is 23.4 Å². The molecular formula is C19H22N2O6. The van der Waals surface area contributed by atoms with Gasteiger partial charge in [-0.3, -0.25) is 14.9 Å². The number of anilines is 1. The molecule has 0 aliphatic carbocycles. The number of nitro benzene ring substituents is 1. The number of benzene rings is 2. The summed E-state index contributed by atoms with van der Waals surface area (Å²) in [5.41, 5.74) is 1.02. The first-order valence-corrected chi connectivity index (χ1v) is 8.52. The summed E-state index contributed by atoms with van der Waals surface area (Å²) in [5, 5.41) is 13.5. The minimum absolute atomic E-state index is 0.00430. The van der Waals surface area contributed by atoms with Crippen molar-refractivity contribution >= 4 is 17.3 Å². The van der Waals surface area contributed by atoms with E-state index in [2.05, 4.69) is 5.32 Å². The molecule has 27 heavy (non-hydrogen) atoms. The van der Waals surface area contributed by atoms with Crippen LogP contribution in [0.3, 0.4) is 0 Å². The smallest absolute Gasteiger partial charge is 0.272 e. The molecule has 0 aromatic heterocycles. The lowest BCUT2D eigenvalue weighted by Gasteiger charge is -2.13. The van der Waals surface area contributed by atoms with Crippen molar-refractivity contribution in [3.63, 3.8) is 0 Å². The number of carbonyl (C=O) groups excluding carboxylic acids is 1. The summed E-state index contributed by atoms with van der Waals surface area (Å²) in [6, 6.07) is 9.45. The molecule has 144 valence electrons. The summed E-state index contributed by atoms with van der Waals surface area (Å²) in [4.78, 5) is 22.5. The molecule has 1 amide bonds. The average molecular weight is 374 g/mol. The average Bonchev–Trinajstić information content (AvgIpc) is 2.62. The summed E-state index contributed by atoms with van der Waals surface area (Å²) in [6.07, 6.45) is 0. The highest BCUT2D eigenvalue weighted by Gasteiger charge is 2.12. The summed E-state index contributed by atoms with van der Waals surface area (Å²) in [5.74, 6) is 1.17. The van der Waals surface area contributed by atoms with Gasteiger partial charge in [-0.05, 0) is 45.0 Å². The van der Waals surface area contributed by atoms with Gasteiger partial charge in [0.2, 0.25) is 0 Å². The lowest BCUT2D eigenvalue weighted by molar-refractivity contribution is -0.385. The molecule has 0 atom stereocenters. The third-order valence-corrected chi connectivity index (χ3v) is 3.56. The molecule has 8 heteroatoms. The monoisotopic (exact) mass is 374 g/mol. The first-order chi connectivity index (χ1) is 12.9. The van der Waals surface area contributed by atoms with Crippen LogP contribution in [-0.4, -0.2) is 30.7 Å². The molecule has 0 fully saturated rings. The zero-order chi connectivity index (χ0) is 19.8. The Morgan fingerprint density at radius 3 is 2.37 bits per heavy atom. The number of ether oxygens (including phenoxy) is 3. The normalized spacial score (nSPS) is 10.2. The van der Waals surface area contributed by atoms with Gasteiger partial charge in [-0.25, -0.2) is 0 Å². The fraction of sp³-hybridized carbons (Fsp3) is 0.316. The van der Waals surface area contributed by atoms with E-state index in [0.717, 1.165) is 0 Å². The number of carbonyl (C=O) groups is 1. The van der Waals surface area contributed by atoms with E-state index in [0.29, 0.717) is 41.7 Å². The molecule has 2 aromatic carbocycles. The molecule has 0 bridgehead atoms. The molecule has 2 rings (SSSR count). The van der Waals surface area contributed by atoms with E-state index in [-0.39, 0.29) is 18.2 Å². The Kier molecular flexibility index (Phi) is 6.99. The Morgan fingerprint density at radius 1 is 1.04 bits per heavy atom. The summed E-state index contributed by atoms with van der Waals surface area (Å²) in [7, 11) is 0. The van der Waals surface area contributed by atoms with Gasteiger partial charge in [-0.1, -0.05) is 0 Å². The predicted molar refractivity (Wildman–Crippen MR) is 101 cm³/mol. The Morgan fingerprint density at radius 2 is 1.74 bits per heavy atom. The molecule has 1 N–H and O–H groups in total. The number of amides is 1. The van der Waals surface area contributed by atoms with Gasteiger partial charge in [0.15, 0.2) is 18.1 Å². The number of hydrogen-bond donors (Lipinski definition) is 1. The molecule has 0 saturated heterocycles. The number of rotatable bonds is 9. The Labute approximate surface area is 157 Å². The Balaban J connectivity index is 1.98. The quantitative estimate of drug-likeness (QED) is 0.530. The second-order valence-electron chi connectivity index (χ2n) is 5.57. The molecular weight excluding hydrogens is 352 g/mol. The minimum Gasteiger partial charge on any atom is -0.490 e. The predicted octanol–water partition coefficient (Wildman–Crippen LogP) is 3.72. The fourth-order valence-corrected chi connectivity index (χ4v) is 2.40. The van der Waals surface area contributed by atoms with Crippen LogP contribution in [-0.2, 0) is 4.79 Å². The standard InChI is InChI=1S/C19H22N2O6/c1-4-25-17-9-6-14(11-18(17)26-5-2)20-19(22)12-27-15-7-8-16(21(23)24)13(3)10-15/h6-11H,4-5,12H2,1-3H3,(H,20,22). The maximum absolute atomic E-state index is 12.1. The van der Waals surface area contributed by atoms with Gasteiger partial charge in [-0.2, -0.15) is 0 Å². The third-order valence-electron chi connectivity index (χ3n) is 3.56. The molecule has 0 unspecified atom stereocenters. The van der Waals surface area contributed by atoms with Gasteiger partial charge in [-0.15, -0.1) is 0 Å². The molecule has 0 heterocycles. The largest absolute Gasteiger partial charge is 0.490 e. The Bertz CT molecular complexity index is 822. The number of nitrogens with zero attached hydrogens (tertiary/aromatic N) is 1. The van der Waals surface area contributed by atoms with Crippen LogP contribution in [0.2, 0.25) is 0 Å². The third kappa shape index (κ3) is 5.60. The number of nitro groups is 1. The number of nitrogens with one attached hydrogen (secondary N) is 1. The van der Waals surface area contributed by atoms with Crippen molar-refractivity contribution < 1.29 is 23.9 Å². The summed E-state index contributed by atoms with van der Waals surface area (Å²) >= 11 is 0. The highest BCUT2D eigenvalue weighted by Crippen LogP contribution is 2.30. The van der Waals surface area contributed by atoms with E-state index in [1.54, 1.807) is 25.1 Å². The van der Waals surface area contributed by atoms with E-state index in [1.165, 1.54) is 18.2 Å². The van der Waals surface area contributed by atoms with Crippen LogP contribution in [0.25, 0.3) is 0 Å². The second kappa shape index (κ2) is 9.42. The summed E-state index contributed by atoms with van der Waals surface area (Å²) in [6.45, 7) is 6.10. The van der Waals surface area contributed by atoms with Gasteiger partial charge >= 0.3 is 0 Å². The van der Waals surface area contributed by atoms with Crippen molar-refractivity contribution in [1.29, 1.82) is 0 Å². The molecule has 0 radical (unpaired) electrons. The van der Waals surface area contributed by atoms with E-state index in [1.807, 2.05) is 13.8 Å². The highest BCUT2D eigenvalue weighted by molar-refractivity contribution is 5.92. The Hall–Kier alpha value is -3.29.